The predicted octanol–water partition coefficient (Wildman–Crippen LogP) is 2.52. The maximum Gasteiger partial charge on any atom is 0.0494 e. The van der Waals surface area contributed by atoms with Crippen LogP contribution in [0.5, 0.6) is 0 Å². The van der Waals surface area contributed by atoms with E-state index in [-0.39, 0.29) is 12.0 Å². The first kappa shape index (κ1) is 13.0. The minimum Gasteiger partial charge on any atom is -0.396 e. The van der Waals surface area contributed by atoms with Gasteiger partial charge in [0.15, 0.2) is 0 Å². The van der Waals surface area contributed by atoms with Crippen molar-refractivity contribution in [1.29, 1.82) is 0 Å². The summed E-state index contributed by atoms with van der Waals surface area (Å²) in [6, 6.07) is 0. The molecule has 2 nitrogen and oxygen atoms in total. The molecule has 0 amide bonds. The third kappa shape index (κ3) is 4.52. The van der Waals surface area contributed by atoms with Gasteiger partial charge >= 0.3 is 0 Å². The summed E-state index contributed by atoms with van der Waals surface area (Å²) in [6.07, 6.45) is 3.92. The normalized spacial score (nSPS) is 23.8. The molecule has 1 saturated heterocycles. The molecule has 0 atom stereocenters. The molecule has 1 aliphatic rings. The van der Waals surface area contributed by atoms with Crippen LogP contribution in [0.1, 0.15) is 47.0 Å². The first-order chi connectivity index (χ1) is 6.85. The molecule has 1 N–H and O–H groups in total. The van der Waals surface area contributed by atoms with Gasteiger partial charge in [-0.25, -0.2) is 0 Å². The molecule has 0 aliphatic carbocycles. The molecule has 0 unspecified atom stereocenters. The topological polar surface area (TPSA) is 23.5 Å². The third-order valence-corrected chi connectivity index (χ3v) is 3.51. The maximum absolute atomic E-state index is 9.27. The molecule has 2 heteroatoms. The average Bonchev–Trinajstić information content (AvgIpc) is 2.28. The highest BCUT2D eigenvalue weighted by molar-refractivity contribution is 4.79. The Kier molecular flexibility index (Phi) is 4.19. The van der Waals surface area contributed by atoms with E-state index in [1.807, 2.05) is 0 Å². The van der Waals surface area contributed by atoms with E-state index in [2.05, 4.69) is 32.6 Å². The average molecular weight is 213 g/mol. The molecule has 1 rings (SSSR count). The number of rotatable bonds is 3. The fraction of sp³-hybridized carbons (Fsp3) is 1.00. The Balaban J connectivity index is 2.45. The summed E-state index contributed by atoms with van der Waals surface area (Å²) in [4.78, 5) is 2.52. The molecule has 0 saturated carbocycles. The Morgan fingerprint density at radius 2 is 1.87 bits per heavy atom. The quantitative estimate of drug-likeness (QED) is 0.778. The van der Waals surface area contributed by atoms with Crippen molar-refractivity contribution in [1.82, 2.24) is 4.90 Å². The lowest BCUT2D eigenvalue weighted by atomic mass is 9.85. The summed E-state index contributed by atoms with van der Waals surface area (Å²) >= 11 is 0. The van der Waals surface area contributed by atoms with Crippen molar-refractivity contribution in [3.63, 3.8) is 0 Å². The smallest absolute Gasteiger partial charge is 0.0494 e. The van der Waals surface area contributed by atoms with Gasteiger partial charge < -0.3 is 10.0 Å². The molecule has 1 aliphatic heterocycles. The molecule has 15 heavy (non-hydrogen) atoms. The van der Waals surface area contributed by atoms with Gasteiger partial charge in [-0.05, 0) is 37.8 Å². The molecule has 0 aromatic carbocycles. The van der Waals surface area contributed by atoms with Gasteiger partial charge in [0, 0.05) is 18.6 Å². The van der Waals surface area contributed by atoms with Crippen molar-refractivity contribution < 1.29 is 5.11 Å². The standard InChI is InChI=1S/C13H27NO/c1-12(2)6-5-8-14(9-7-12)10-13(3,4)11-15/h15H,5-11H2,1-4H3. The summed E-state index contributed by atoms with van der Waals surface area (Å²) in [5, 5.41) is 9.27. The van der Waals surface area contributed by atoms with Gasteiger partial charge in [-0.1, -0.05) is 27.7 Å². The SMILES string of the molecule is CC1(C)CCCN(CC(C)(C)CO)CC1. The minimum atomic E-state index is 0.0501. The van der Waals surface area contributed by atoms with E-state index in [9.17, 15) is 5.11 Å². The monoisotopic (exact) mass is 213 g/mol. The van der Waals surface area contributed by atoms with Crippen molar-refractivity contribution in [2.24, 2.45) is 10.8 Å². The van der Waals surface area contributed by atoms with E-state index >= 15 is 0 Å². The minimum absolute atomic E-state index is 0.0501. The van der Waals surface area contributed by atoms with Crippen molar-refractivity contribution in [3.05, 3.63) is 0 Å². The highest BCUT2D eigenvalue weighted by Crippen LogP contribution is 2.30. The molecular weight excluding hydrogens is 186 g/mol. The Morgan fingerprint density at radius 1 is 1.20 bits per heavy atom. The number of aliphatic hydroxyl groups excluding tert-OH is 1. The van der Waals surface area contributed by atoms with Crippen molar-refractivity contribution in [3.8, 4) is 0 Å². The molecule has 0 aromatic rings. The Labute approximate surface area is 94.7 Å². The van der Waals surface area contributed by atoms with Crippen LogP contribution >= 0.6 is 0 Å². The lowest BCUT2D eigenvalue weighted by molar-refractivity contribution is 0.103. The maximum atomic E-state index is 9.27. The summed E-state index contributed by atoms with van der Waals surface area (Å²) in [5.74, 6) is 0. The zero-order valence-electron chi connectivity index (χ0n) is 10.8. The highest BCUT2D eigenvalue weighted by atomic mass is 16.3. The van der Waals surface area contributed by atoms with E-state index in [1.54, 1.807) is 0 Å². The predicted molar refractivity (Wildman–Crippen MR) is 64.9 cm³/mol. The second-order valence-electron chi connectivity index (χ2n) is 6.62. The van der Waals surface area contributed by atoms with Crippen molar-refractivity contribution in [2.75, 3.05) is 26.2 Å². The van der Waals surface area contributed by atoms with Crippen LogP contribution in [0.15, 0.2) is 0 Å². The fourth-order valence-corrected chi connectivity index (χ4v) is 2.29. The van der Waals surface area contributed by atoms with Gasteiger partial charge in [0.2, 0.25) is 0 Å². The van der Waals surface area contributed by atoms with Gasteiger partial charge in [-0.15, -0.1) is 0 Å². The number of nitrogens with zero attached hydrogens (tertiary/aromatic N) is 1. The number of hydrogen-bond acceptors (Lipinski definition) is 2. The second-order valence-corrected chi connectivity index (χ2v) is 6.62. The highest BCUT2D eigenvalue weighted by Gasteiger charge is 2.26. The molecular formula is C13H27NO. The number of likely N-dealkylation sites (tertiary alicyclic amines) is 1. The van der Waals surface area contributed by atoms with E-state index < -0.39 is 0 Å². The van der Waals surface area contributed by atoms with E-state index in [1.165, 1.54) is 32.4 Å². The van der Waals surface area contributed by atoms with Gasteiger partial charge in [0.05, 0.1) is 0 Å². The molecule has 0 spiro atoms. The van der Waals surface area contributed by atoms with Crippen molar-refractivity contribution >= 4 is 0 Å². The summed E-state index contributed by atoms with van der Waals surface area (Å²) in [5.41, 5.74) is 0.562. The molecule has 1 fully saturated rings. The zero-order valence-corrected chi connectivity index (χ0v) is 10.8. The molecule has 0 aromatic heterocycles. The van der Waals surface area contributed by atoms with Crippen LogP contribution in [-0.4, -0.2) is 36.2 Å². The third-order valence-electron chi connectivity index (χ3n) is 3.51. The Hall–Kier alpha value is -0.0800. The van der Waals surface area contributed by atoms with Crippen LogP contribution in [0.25, 0.3) is 0 Å². The molecule has 90 valence electrons. The van der Waals surface area contributed by atoms with Crippen molar-refractivity contribution in [2.45, 2.75) is 47.0 Å². The Bertz CT molecular complexity index is 199. The molecule has 1 heterocycles. The van der Waals surface area contributed by atoms with Gasteiger partial charge in [0.1, 0.15) is 0 Å². The van der Waals surface area contributed by atoms with E-state index in [4.69, 9.17) is 0 Å². The lowest BCUT2D eigenvalue weighted by Gasteiger charge is -2.30. The van der Waals surface area contributed by atoms with Crippen LogP contribution in [0, 0.1) is 10.8 Å². The van der Waals surface area contributed by atoms with Crippen LogP contribution < -0.4 is 0 Å². The van der Waals surface area contributed by atoms with E-state index in [0.717, 1.165) is 6.54 Å². The second kappa shape index (κ2) is 4.84. The number of aliphatic hydroxyl groups is 1. The Morgan fingerprint density at radius 3 is 2.47 bits per heavy atom. The van der Waals surface area contributed by atoms with E-state index in [0.29, 0.717) is 5.41 Å². The summed E-state index contributed by atoms with van der Waals surface area (Å²) < 4.78 is 0. The van der Waals surface area contributed by atoms with Gasteiger partial charge in [0.25, 0.3) is 0 Å². The van der Waals surface area contributed by atoms with Crippen LogP contribution in [0.2, 0.25) is 0 Å². The van der Waals surface area contributed by atoms with Gasteiger partial charge in [-0.2, -0.15) is 0 Å². The summed E-state index contributed by atoms with van der Waals surface area (Å²) in [7, 11) is 0. The van der Waals surface area contributed by atoms with Crippen LogP contribution in [0.3, 0.4) is 0 Å². The van der Waals surface area contributed by atoms with Gasteiger partial charge in [-0.3, -0.25) is 0 Å². The zero-order chi connectivity index (χ0) is 11.5. The number of hydrogen-bond donors (Lipinski definition) is 1. The fourth-order valence-electron chi connectivity index (χ4n) is 2.29. The first-order valence-electron chi connectivity index (χ1n) is 6.18. The first-order valence-corrected chi connectivity index (χ1v) is 6.18. The van der Waals surface area contributed by atoms with Crippen LogP contribution in [0.4, 0.5) is 0 Å². The summed E-state index contributed by atoms with van der Waals surface area (Å²) in [6.45, 7) is 12.7. The lowest BCUT2D eigenvalue weighted by Crippen LogP contribution is -2.37. The largest absolute Gasteiger partial charge is 0.396 e. The van der Waals surface area contributed by atoms with Crippen LogP contribution in [-0.2, 0) is 0 Å². The molecule has 0 bridgehead atoms. The molecule has 0 radical (unpaired) electrons.